The number of halogens is 2. The first kappa shape index (κ1) is 20.0. The third-order valence-corrected chi connectivity index (χ3v) is 4.83. The monoisotopic (exact) mass is 518 g/mol. The minimum Gasteiger partial charge on any atom is -0.368 e. The summed E-state index contributed by atoms with van der Waals surface area (Å²) in [5, 5.41) is 11.0. The maximum atomic E-state index is 4.33. The van der Waals surface area contributed by atoms with Gasteiger partial charge in [0.25, 0.3) is 0 Å². The Morgan fingerprint density at radius 2 is 2.20 bits per heavy atom. The van der Waals surface area contributed by atoms with Gasteiger partial charge in [-0.3, -0.25) is 9.67 Å². The second-order valence-corrected chi connectivity index (χ2v) is 6.83. The largest absolute Gasteiger partial charge is 0.368 e. The van der Waals surface area contributed by atoms with Crippen molar-refractivity contribution in [2.45, 2.75) is 19.0 Å². The van der Waals surface area contributed by atoms with E-state index in [4.69, 9.17) is 0 Å². The molecule has 25 heavy (non-hydrogen) atoms. The molecule has 1 aliphatic heterocycles. The molecular weight excluding hydrogens is 495 g/mol. The van der Waals surface area contributed by atoms with E-state index in [9.17, 15) is 0 Å². The zero-order chi connectivity index (χ0) is 16.9. The molecule has 2 heterocycles. The van der Waals surface area contributed by atoms with Crippen LogP contribution in [0.1, 0.15) is 12.0 Å². The topological polar surface area (TPSA) is 57.5 Å². The quantitative estimate of drug-likeness (QED) is 0.371. The number of aromatic nitrogens is 2. The smallest absolute Gasteiger partial charge is 0.191 e. The summed E-state index contributed by atoms with van der Waals surface area (Å²) in [7, 11) is 3.73. The van der Waals surface area contributed by atoms with Gasteiger partial charge in [0.2, 0.25) is 0 Å². The van der Waals surface area contributed by atoms with Gasteiger partial charge in [-0.25, -0.2) is 0 Å². The van der Waals surface area contributed by atoms with E-state index in [0.29, 0.717) is 12.6 Å². The molecule has 1 aliphatic rings. The number of benzene rings is 1. The van der Waals surface area contributed by atoms with Crippen LogP contribution in [0.25, 0.3) is 0 Å². The Kier molecular flexibility index (Phi) is 7.55. The third-order valence-electron chi connectivity index (χ3n) is 4.16. The van der Waals surface area contributed by atoms with Gasteiger partial charge in [-0.1, -0.05) is 12.1 Å². The first-order valence-corrected chi connectivity index (χ1v) is 8.89. The Morgan fingerprint density at radius 3 is 2.88 bits per heavy atom. The number of anilines is 1. The van der Waals surface area contributed by atoms with Crippen molar-refractivity contribution >= 4 is 51.6 Å². The van der Waals surface area contributed by atoms with Gasteiger partial charge in [0.05, 0.1) is 11.9 Å². The normalized spacial score (nSPS) is 17.3. The SMILES string of the molecule is CN=C(NCc1cnn(C)c1)NC1CCN(c2ccccc2Br)C1.I. The van der Waals surface area contributed by atoms with Crippen LogP contribution in [0.3, 0.4) is 0 Å². The molecule has 1 aromatic heterocycles. The molecular formula is C17H24BrIN6. The van der Waals surface area contributed by atoms with E-state index < -0.39 is 0 Å². The van der Waals surface area contributed by atoms with Crippen molar-refractivity contribution in [3.8, 4) is 0 Å². The Balaban J connectivity index is 0.00000225. The molecule has 2 N–H and O–H groups in total. The second-order valence-electron chi connectivity index (χ2n) is 5.98. The molecule has 0 amide bonds. The lowest BCUT2D eigenvalue weighted by Crippen LogP contribution is -2.44. The molecule has 0 radical (unpaired) electrons. The van der Waals surface area contributed by atoms with Gasteiger partial charge >= 0.3 is 0 Å². The zero-order valence-corrected chi connectivity index (χ0v) is 18.4. The van der Waals surface area contributed by atoms with Gasteiger partial charge in [-0.2, -0.15) is 5.10 Å². The van der Waals surface area contributed by atoms with E-state index in [1.54, 1.807) is 11.7 Å². The Hall–Kier alpha value is -1.29. The van der Waals surface area contributed by atoms with E-state index in [1.165, 1.54) is 5.69 Å². The van der Waals surface area contributed by atoms with E-state index >= 15 is 0 Å². The van der Waals surface area contributed by atoms with Gasteiger partial charge in [0.15, 0.2) is 5.96 Å². The van der Waals surface area contributed by atoms with E-state index in [2.05, 4.69) is 59.8 Å². The highest BCUT2D eigenvalue weighted by Gasteiger charge is 2.24. The molecule has 3 rings (SSSR count). The van der Waals surface area contributed by atoms with Crippen LogP contribution in [-0.2, 0) is 13.6 Å². The van der Waals surface area contributed by atoms with Crippen LogP contribution in [0.15, 0.2) is 46.1 Å². The molecule has 0 bridgehead atoms. The van der Waals surface area contributed by atoms with Crippen LogP contribution >= 0.6 is 39.9 Å². The summed E-state index contributed by atoms with van der Waals surface area (Å²) < 4.78 is 2.95. The molecule has 8 heteroatoms. The molecule has 0 spiro atoms. The maximum absolute atomic E-state index is 4.33. The second kappa shape index (κ2) is 9.42. The number of nitrogens with one attached hydrogen (secondary N) is 2. The number of hydrogen-bond donors (Lipinski definition) is 2. The predicted molar refractivity (Wildman–Crippen MR) is 117 cm³/mol. The van der Waals surface area contributed by atoms with Crippen molar-refractivity contribution in [2.75, 3.05) is 25.0 Å². The number of hydrogen-bond acceptors (Lipinski definition) is 3. The number of para-hydroxylation sites is 1. The van der Waals surface area contributed by atoms with Crippen LogP contribution in [0.4, 0.5) is 5.69 Å². The van der Waals surface area contributed by atoms with Crippen molar-refractivity contribution in [3.05, 3.63) is 46.7 Å². The van der Waals surface area contributed by atoms with Crippen LogP contribution in [-0.4, -0.2) is 41.9 Å². The average molecular weight is 519 g/mol. The highest BCUT2D eigenvalue weighted by atomic mass is 127. The fourth-order valence-corrected chi connectivity index (χ4v) is 3.48. The van der Waals surface area contributed by atoms with Gasteiger partial charge < -0.3 is 15.5 Å². The number of guanidine groups is 1. The van der Waals surface area contributed by atoms with Gasteiger partial charge in [-0.05, 0) is 34.5 Å². The number of rotatable bonds is 4. The first-order valence-electron chi connectivity index (χ1n) is 8.10. The molecule has 1 saturated heterocycles. The maximum Gasteiger partial charge on any atom is 0.191 e. The highest BCUT2D eigenvalue weighted by molar-refractivity contribution is 14.0. The summed E-state index contributed by atoms with van der Waals surface area (Å²) in [6.45, 7) is 2.73. The van der Waals surface area contributed by atoms with Gasteiger partial charge in [-0.15, -0.1) is 24.0 Å². The summed E-state index contributed by atoms with van der Waals surface area (Å²) in [5.41, 5.74) is 2.39. The highest BCUT2D eigenvalue weighted by Crippen LogP contribution is 2.28. The summed E-state index contributed by atoms with van der Waals surface area (Å²) in [4.78, 5) is 6.73. The van der Waals surface area contributed by atoms with Crippen molar-refractivity contribution < 1.29 is 0 Å². The summed E-state index contributed by atoms with van der Waals surface area (Å²) >= 11 is 3.64. The molecule has 1 fully saturated rings. The van der Waals surface area contributed by atoms with Crippen molar-refractivity contribution in [3.63, 3.8) is 0 Å². The Bertz CT molecular complexity index is 717. The first-order chi connectivity index (χ1) is 11.7. The molecule has 1 unspecified atom stereocenters. The van der Waals surface area contributed by atoms with Gasteiger partial charge in [0.1, 0.15) is 0 Å². The summed E-state index contributed by atoms with van der Waals surface area (Å²) in [6.07, 6.45) is 4.96. The fourth-order valence-electron chi connectivity index (χ4n) is 2.94. The van der Waals surface area contributed by atoms with E-state index in [1.807, 2.05) is 25.5 Å². The minimum absolute atomic E-state index is 0. The van der Waals surface area contributed by atoms with Crippen LogP contribution in [0.5, 0.6) is 0 Å². The van der Waals surface area contributed by atoms with Crippen molar-refractivity contribution in [1.82, 2.24) is 20.4 Å². The molecule has 0 aliphatic carbocycles. The van der Waals surface area contributed by atoms with Gasteiger partial charge in [0, 0.05) is 56.0 Å². The average Bonchev–Trinajstić information content (AvgIpc) is 3.21. The summed E-state index contributed by atoms with van der Waals surface area (Å²) in [6, 6.07) is 8.75. The van der Waals surface area contributed by atoms with Crippen molar-refractivity contribution in [1.29, 1.82) is 0 Å². The molecule has 1 aromatic carbocycles. The standard InChI is InChI=1S/C17H23BrN6.HI/c1-19-17(20-9-13-10-21-23(2)11-13)22-14-7-8-24(12-14)16-6-4-3-5-15(16)18;/h3-6,10-11,14H,7-9,12H2,1-2H3,(H2,19,20,22);1H. The zero-order valence-electron chi connectivity index (χ0n) is 14.4. The lowest BCUT2D eigenvalue weighted by atomic mass is 10.2. The summed E-state index contributed by atoms with van der Waals surface area (Å²) in [5.74, 6) is 0.831. The number of aryl methyl sites for hydroxylation is 1. The van der Waals surface area contributed by atoms with Crippen LogP contribution in [0, 0.1) is 0 Å². The Labute approximate surface area is 174 Å². The van der Waals surface area contributed by atoms with E-state index in [-0.39, 0.29) is 24.0 Å². The minimum atomic E-state index is 0. The predicted octanol–water partition coefficient (Wildman–Crippen LogP) is 2.74. The number of nitrogens with zero attached hydrogens (tertiary/aromatic N) is 4. The molecule has 2 aromatic rings. The third kappa shape index (κ3) is 5.34. The molecule has 1 atom stereocenters. The van der Waals surface area contributed by atoms with Crippen LogP contribution in [0.2, 0.25) is 0 Å². The molecule has 136 valence electrons. The molecule has 6 nitrogen and oxygen atoms in total. The molecule has 0 saturated carbocycles. The lowest BCUT2D eigenvalue weighted by molar-refractivity contribution is 0.648. The van der Waals surface area contributed by atoms with Crippen LogP contribution < -0.4 is 15.5 Å². The number of aliphatic imine (C=N–C) groups is 1. The van der Waals surface area contributed by atoms with Crippen molar-refractivity contribution in [2.24, 2.45) is 12.0 Å². The lowest BCUT2D eigenvalue weighted by Gasteiger charge is -2.21. The Morgan fingerprint density at radius 1 is 1.40 bits per heavy atom. The van der Waals surface area contributed by atoms with E-state index in [0.717, 1.165) is 35.5 Å². The fraction of sp³-hybridized carbons (Fsp3) is 0.412.